The van der Waals surface area contributed by atoms with Gasteiger partial charge in [0.1, 0.15) is 5.82 Å². The molecule has 176 valence electrons. The van der Waals surface area contributed by atoms with Crippen LogP contribution in [0, 0.1) is 5.92 Å². The molecule has 1 heterocycles. The first kappa shape index (κ1) is 26.0. The van der Waals surface area contributed by atoms with Gasteiger partial charge in [0.2, 0.25) is 5.91 Å². The maximum Gasteiger partial charge on any atom is 0.330 e. The quantitative estimate of drug-likeness (QED) is 0.477. The fraction of sp³-hybridized carbons (Fsp3) is 0.500. The standard InChI is InChI=1S/C22H31Cl2N5O3/c1-5-6-9-28(19-20(25)29(12-13(2)3)22(32)27-21(19)31)18(30)11-26-14(4)16-8-7-15(23)10-17(16)24/h7-8,10,13-14,26H,5-6,9,11-12,25H2,1-4H3,(H,27,31,32)/t14-/m0/s1. The van der Waals surface area contributed by atoms with Gasteiger partial charge in [-0.15, -0.1) is 0 Å². The normalized spacial score (nSPS) is 12.2. The lowest BCUT2D eigenvalue weighted by Gasteiger charge is -2.26. The second-order valence-corrected chi connectivity index (χ2v) is 9.01. The van der Waals surface area contributed by atoms with Crippen LogP contribution in [-0.4, -0.2) is 28.5 Å². The maximum atomic E-state index is 13.2. The molecule has 32 heavy (non-hydrogen) atoms. The van der Waals surface area contributed by atoms with E-state index in [9.17, 15) is 14.4 Å². The summed E-state index contributed by atoms with van der Waals surface area (Å²) in [7, 11) is 0. The lowest BCUT2D eigenvalue weighted by atomic mass is 10.1. The third-order valence-corrected chi connectivity index (χ3v) is 5.62. The zero-order chi connectivity index (χ0) is 24.0. The number of halogens is 2. The Morgan fingerprint density at radius 2 is 1.94 bits per heavy atom. The SMILES string of the molecule is CCCCN(C(=O)CN[C@@H](C)c1ccc(Cl)cc1Cl)c1c(N)n(CC(C)C)c(=O)[nH]c1=O. The van der Waals surface area contributed by atoms with Crippen LogP contribution >= 0.6 is 23.2 Å². The fourth-order valence-corrected chi connectivity index (χ4v) is 3.93. The van der Waals surface area contributed by atoms with Gasteiger partial charge >= 0.3 is 5.69 Å². The smallest absolute Gasteiger partial charge is 0.330 e. The molecule has 0 bridgehead atoms. The van der Waals surface area contributed by atoms with E-state index in [0.29, 0.717) is 29.6 Å². The van der Waals surface area contributed by atoms with Crippen LogP contribution in [0.25, 0.3) is 0 Å². The first-order valence-corrected chi connectivity index (χ1v) is 11.4. The van der Waals surface area contributed by atoms with Crippen LogP contribution in [0.2, 0.25) is 10.0 Å². The number of H-pyrrole nitrogens is 1. The maximum absolute atomic E-state index is 13.2. The summed E-state index contributed by atoms with van der Waals surface area (Å²) in [5, 5.41) is 4.16. The number of unbranched alkanes of at least 4 members (excludes halogenated alkanes) is 1. The third kappa shape index (κ3) is 6.37. The number of aromatic nitrogens is 2. The Kier molecular flexibility index (Phi) is 9.36. The summed E-state index contributed by atoms with van der Waals surface area (Å²) < 4.78 is 1.30. The van der Waals surface area contributed by atoms with Crippen LogP contribution in [0.1, 0.15) is 52.1 Å². The van der Waals surface area contributed by atoms with Crippen molar-refractivity contribution in [1.82, 2.24) is 14.9 Å². The topological polar surface area (TPSA) is 113 Å². The number of hydrogen-bond acceptors (Lipinski definition) is 5. The number of amides is 1. The fourth-order valence-electron chi connectivity index (χ4n) is 3.36. The highest BCUT2D eigenvalue weighted by molar-refractivity contribution is 6.35. The van der Waals surface area contributed by atoms with Crippen molar-refractivity contribution in [3.63, 3.8) is 0 Å². The molecule has 2 rings (SSSR count). The van der Waals surface area contributed by atoms with E-state index in [4.69, 9.17) is 28.9 Å². The minimum atomic E-state index is -0.675. The molecule has 1 amide bonds. The van der Waals surface area contributed by atoms with E-state index in [1.54, 1.807) is 18.2 Å². The molecule has 1 atom stereocenters. The minimum Gasteiger partial charge on any atom is -0.383 e. The van der Waals surface area contributed by atoms with E-state index in [0.717, 1.165) is 12.0 Å². The largest absolute Gasteiger partial charge is 0.383 e. The van der Waals surface area contributed by atoms with E-state index >= 15 is 0 Å². The van der Waals surface area contributed by atoms with Gasteiger partial charge in [-0.3, -0.25) is 19.1 Å². The summed E-state index contributed by atoms with van der Waals surface area (Å²) in [6.45, 7) is 8.32. The number of carbonyl (C=O) groups is 1. The van der Waals surface area contributed by atoms with Crippen LogP contribution in [0.4, 0.5) is 11.5 Å². The molecule has 2 aromatic rings. The average Bonchev–Trinajstić information content (AvgIpc) is 2.71. The lowest BCUT2D eigenvalue weighted by molar-refractivity contribution is -0.118. The molecule has 0 aliphatic heterocycles. The Labute approximate surface area is 197 Å². The van der Waals surface area contributed by atoms with Crippen LogP contribution in [0.15, 0.2) is 27.8 Å². The van der Waals surface area contributed by atoms with Crippen molar-refractivity contribution in [1.29, 1.82) is 0 Å². The predicted molar refractivity (Wildman–Crippen MR) is 131 cm³/mol. The molecule has 1 aromatic heterocycles. The Morgan fingerprint density at radius 3 is 2.53 bits per heavy atom. The number of nitrogens with two attached hydrogens (primary N) is 1. The van der Waals surface area contributed by atoms with Crippen molar-refractivity contribution in [2.75, 3.05) is 23.7 Å². The number of nitrogen functional groups attached to an aromatic ring is 1. The van der Waals surface area contributed by atoms with Gasteiger partial charge in [0.15, 0.2) is 5.69 Å². The molecule has 4 N–H and O–H groups in total. The summed E-state index contributed by atoms with van der Waals surface area (Å²) in [6, 6.07) is 4.94. The van der Waals surface area contributed by atoms with E-state index in [2.05, 4.69) is 10.3 Å². The molecular weight excluding hydrogens is 453 g/mol. The highest BCUT2D eigenvalue weighted by Crippen LogP contribution is 2.26. The van der Waals surface area contributed by atoms with Gasteiger partial charge in [0.05, 0.1) is 6.54 Å². The molecule has 0 aliphatic carbocycles. The summed E-state index contributed by atoms with van der Waals surface area (Å²) in [5.74, 6) is -0.215. The average molecular weight is 484 g/mol. The number of aromatic amines is 1. The van der Waals surface area contributed by atoms with E-state index in [-0.39, 0.29) is 35.9 Å². The van der Waals surface area contributed by atoms with Crippen molar-refractivity contribution in [2.45, 2.75) is 53.1 Å². The number of carbonyl (C=O) groups excluding carboxylic acids is 1. The highest BCUT2D eigenvalue weighted by atomic mass is 35.5. The van der Waals surface area contributed by atoms with Crippen molar-refractivity contribution in [3.05, 3.63) is 54.6 Å². The molecule has 0 radical (unpaired) electrons. The summed E-state index contributed by atoms with van der Waals surface area (Å²) in [5.41, 5.74) is 5.76. The number of rotatable bonds is 10. The van der Waals surface area contributed by atoms with Gasteiger partial charge in [0, 0.05) is 29.2 Å². The van der Waals surface area contributed by atoms with Gasteiger partial charge in [-0.25, -0.2) is 4.79 Å². The lowest BCUT2D eigenvalue weighted by Crippen LogP contribution is -2.45. The molecule has 8 nitrogen and oxygen atoms in total. The number of anilines is 2. The van der Waals surface area contributed by atoms with Crippen molar-refractivity contribution < 1.29 is 4.79 Å². The van der Waals surface area contributed by atoms with Crippen LogP contribution < -0.4 is 27.2 Å². The molecule has 10 heteroatoms. The number of hydrogen-bond donors (Lipinski definition) is 3. The zero-order valence-corrected chi connectivity index (χ0v) is 20.4. The van der Waals surface area contributed by atoms with Crippen LogP contribution in [0.5, 0.6) is 0 Å². The van der Waals surface area contributed by atoms with E-state index < -0.39 is 11.2 Å². The Morgan fingerprint density at radius 1 is 1.25 bits per heavy atom. The van der Waals surface area contributed by atoms with Gasteiger partial charge in [-0.1, -0.05) is 56.5 Å². The molecule has 0 unspecified atom stereocenters. The van der Waals surface area contributed by atoms with Gasteiger partial charge in [0.25, 0.3) is 5.56 Å². The van der Waals surface area contributed by atoms with Crippen LogP contribution in [0.3, 0.4) is 0 Å². The molecule has 0 spiro atoms. The van der Waals surface area contributed by atoms with Crippen LogP contribution in [-0.2, 0) is 11.3 Å². The van der Waals surface area contributed by atoms with Crippen molar-refractivity contribution >= 4 is 40.6 Å². The van der Waals surface area contributed by atoms with E-state index in [1.807, 2.05) is 27.7 Å². The molecule has 0 fully saturated rings. The predicted octanol–water partition coefficient (Wildman–Crippen LogP) is 3.57. The van der Waals surface area contributed by atoms with Gasteiger partial charge in [-0.2, -0.15) is 0 Å². The Bertz CT molecular complexity index is 1060. The molecule has 0 saturated heterocycles. The summed E-state index contributed by atoms with van der Waals surface area (Å²) in [6.07, 6.45) is 1.49. The number of nitrogens with zero attached hydrogens (tertiary/aromatic N) is 2. The van der Waals surface area contributed by atoms with Gasteiger partial charge in [-0.05, 0) is 37.0 Å². The van der Waals surface area contributed by atoms with Gasteiger partial charge < -0.3 is 16.0 Å². The minimum absolute atomic E-state index is 0.00248. The first-order valence-electron chi connectivity index (χ1n) is 10.7. The Hall–Kier alpha value is -2.29. The first-order chi connectivity index (χ1) is 15.1. The third-order valence-electron chi connectivity index (χ3n) is 5.06. The van der Waals surface area contributed by atoms with E-state index in [1.165, 1.54) is 9.47 Å². The Balaban J connectivity index is 2.32. The summed E-state index contributed by atoms with van der Waals surface area (Å²) in [4.78, 5) is 41.7. The molecule has 0 aliphatic rings. The second kappa shape index (κ2) is 11.5. The van der Waals surface area contributed by atoms with Crippen molar-refractivity contribution in [2.24, 2.45) is 5.92 Å². The number of benzene rings is 1. The zero-order valence-electron chi connectivity index (χ0n) is 18.9. The van der Waals surface area contributed by atoms with Crippen molar-refractivity contribution in [3.8, 4) is 0 Å². The molecular formula is C22H31Cl2N5O3. The summed E-state index contributed by atoms with van der Waals surface area (Å²) >= 11 is 12.2. The molecule has 0 saturated carbocycles. The second-order valence-electron chi connectivity index (χ2n) is 8.16. The number of nitrogens with one attached hydrogen (secondary N) is 2. The monoisotopic (exact) mass is 483 g/mol. The highest BCUT2D eigenvalue weighted by Gasteiger charge is 2.24. The molecule has 1 aromatic carbocycles.